The summed E-state index contributed by atoms with van der Waals surface area (Å²) in [6.07, 6.45) is 14.4. The van der Waals surface area contributed by atoms with Gasteiger partial charge in [-0.25, -0.2) is 0 Å². The highest BCUT2D eigenvalue weighted by molar-refractivity contribution is 7.25. The molecule has 6 aromatic rings. The van der Waals surface area contributed by atoms with Gasteiger partial charge in [-0.2, -0.15) is 0 Å². The lowest BCUT2D eigenvalue weighted by Crippen LogP contribution is -2.34. The largest absolute Gasteiger partial charge is 0.135 e. The van der Waals surface area contributed by atoms with E-state index in [0.29, 0.717) is 11.8 Å². The van der Waals surface area contributed by atoms with Gasteiger partial charge in [-0.05, 0) is 97.5 Å². The first-order chi connectivity index (χ1) is 20.2. The van der Waals surface area contributed by atoms with E-state index < -0.39 is 0 Å². The van der Waals surface area contributed by atoms with Crippen molar-refractivity contribution < 1.29 is 0 Å². The summed E-state index contributed by atoms with van der Waals surface area (Å²) in [5.41, 5.74) is 8.01. The topological polar surface area (TPSA) is 0 Å². The van der Waals surface area contributed by atoms with E-state index >= 15 is 0 Å². The van der Waals surface area contributed by atoms with Gasteiger partial charge in [0, 0.05) is 20.2 Å². The molecule has 2 aliphatic rings. The second-order valence-corrected chi connectivity index (χ2v) is 12.9. The van der Waals surface area contributed by atoms with E-state index in [-0.39, 0.29) is 0 Å². The zero-order chi connectivity index (χ0) is 27.5. The van der Waals surface area contributed by atoms with Crippen molar-refractivity contribution in [3.63, 3.8) is 0 Å². The summed E-state index contributed by atoms with van der Waals surface area (Å²) in [6.45, 7) is 4.69. The van der Waals surface area contributed by atoms with E-state index in [1.165, 1.54) is 74.8 Å². The molecule has 0 nitrogen and oxygen atoms in total. The fraction of sp³-hybridized carbons (Fsp3) is 0.150. The standard InChI is InChI=1S/C40H32S/c1-25-10-8-13-29(22-25)39-34-23-26(2)18-20-31(34)38(27-11-4-3-5-12-27)32-21-19-28(24-35(32)39)30-15-9-17-37-40(30)33-14-6-7-16-36(33)41-37/h3-9,11-17,19-26H,10,18H2,1-2H3. The molecule has 0 saturated heterocycles. The van der Waals surface area contributed by atoms with Crippen molar-refractivity contribution in [3.05, 3.63) is 125 Å². The Balaban J connectivity index is 1.52. The van der Waals surface area contributed by atoms with Crippen molar-refractivity contribution in [3.8, 4) is 22.3 Å². The molecule has 2 unspecified atom stereocenters. The van der Waals surface area contributed by atoms with Crippen molar-refractivity contribution in [1.82, 2.24) is 0 Å². The SMILES string of the molecule is CC1C=C(c2c3c(c(-c4ccccc4)c4ccc(-c5cccc6sc7ccccc7c56)cc24)=CCC(C)C=3)C=CC1. The average molecular weight is 545 g/mol. The van der Waals surface area contributed by atoms with Crippen molar-refractivity contribution in [1.29, 1.82) is 0 Å². The van der Waals surface area contributed by atoms with Gasteiger partial charge in [0.1, 0.15) is 0 Å². The third-order valence-electron chi connectivity index (χ3n) is 8.87. The zero-order valence-electron chi connectivity index (χ0n) is 23.5. The van der Waals surface area contributed by atoms with Crippen LogP contribution in [0.1, 0.15) is 32.3 Å². The molecule has 0 spiro atoms. The van der Waals surface area contributed by atoms with Crippen LogP contribution in [0.5, 0.6) is 0 Å². The van der Waals surface area contributed by atoms with Crippen molar-refractivity contribution in [2.75, 3.05) is 0 Å². The van der Waals surface area contributed by atoms with E-state index in [2.05, 4.69) is 135 Å². The molecule has 0 bridgehead atoms. The maximum Gasteiger partial charge on any atom is 0.0361 e. The molecule has 1 heterocycles. The maximum absolute atomic E-state index is 2.53. The summed E-state index contributed by atoms with van der Waals surface area (Å²) < 4.78 is 2.70. The molecule has 2 aliphatic carbocycles. The highest BCUT2D eigenvalue weighted by atomic mass is 32.1. The summed E-state index contributed by atoms with van der Waals surface area (Å²) in [4.78, 5) is 0. The molecule has 0 amide bonds. The van der Waals surface area contributed by atoms with E-state index in [1.54, 1.807) is 0 Å². The minimum absolute atomic E-state index is 0.516. The highest BCUT2D eigenvalue weighted by Crippen LogP contribution is 2.42. The van der Waals surface area contributed by atoms with Gasteiger partial charge >= 0.3 is 0 Å². The van der Waals surface area contributed by atoms with Crippen LogP contribution in [0.25, 0.3) is 70.9 Å². The molecule has 1 aromatic heterocycles. The fourth-order valence-corrected chi connectivity index (χ4v) is 8.12. The highest BCUT2D eigenvalue weighted by Gasteiger charge is 2.20. The van der Waals surface area contributed by atoms with Crippen LogP contribution < -0.4 is 10.4 Å². The molecular weight excluding hydrogens is 513 g/mol. The van der Waals surface area contributed by atoms with E-state index in [4.69, 9.17) is 0 Å². The van der Waals surface area contributed by atoms with Crippen molar-refractivity contribution in [2.24, 2.45) is 11.8 Å². The predicted molar refractivity (Wildman–Crippen MR) is 181 cm³/mol. The lowest BCUT2D eigenvalue weighted by molar-refractivity contribution is 0.739. The Bertz CT molecular complexity index is 2170. The molecule has 41 heavy (non-hydrogen) atoms. The van der Waals surface area contributed by atoms with Gasteiger partial charge < -0.3 is 0 Å². The summed E-state index contributed by atoms with van der Waals surface area (Å²) in [5, 5.41) is 8.19. The quantitative estimate of drug-likeness (QED) is 0.208. The van der Waals surface area contributed by atoms with Gasteiger partial charge in [-0.3, -0.25) is 0 Å². The van der Waals surface area contributed by atoms with Crippen LogP contribution in [-0.4, -0.2) is 0 Å². The number of thiophene rings is 1. The van der Waals surface area contributed by atoms with Crippen LogP contribution in [0.3, 0.4) is 0 Å². The Hall–Kier alpha value is -4.20. The van der Waals surface area contributed by atoms with Gasteiger partial charge in [-0.15, -0.1) is 11.3 Å². The number of allylic oxidation sites excluding steroid dienone is 4. The summed E-state index contributed by atoms with van der Waals surface area (Å²) in [5.74, 6) is 1.05. The monoisotopic (exact) mass is 544 g/mol. The van der Waals surface area contributed by atoms with Gasteiger partial charge in [0.15, 0.2) is 0 Å². The fourth-order valence-electron chi connectivity index (χ4n) is 6.99. The Kier molecular flexibility index (Phi) is 5.83. The number of benzene rings is 5. The molecule has 198 valence electrons. The van der Waals surface area contributed by atoms with Gasteiger partial charge in [0.05, 0.1) is 0 Å². The molecule has 0 radical (unpaired) electrons. The lowest BCUT2D eigenvalue weighted by Gasteiger charge is -2.22. The Morgan fingerprint density at radius 2 is 1.41 bits per heavy atom. The summed E-state index contributed by atoms with van der Waals surface area (Å²) in [6, 6.07) is 33.9. The first kappa shape index (κ1) is 24.6. The van der Waals surface area contributed by atoms with Crippen LogP contribution in [0.15, 0.2) is 109 Å². The number of hydrogen-bond acceptors (Lipinski definition) is 1. The Morgan fingerprint density at radius 3 is 2.29 bits per heavy atom. The van der Waals surface area contributed by atoms with Crippen LogP contribution in [0, 0.1) is 11.8 Å². The first-order valence-corrected chi connectivity index (χ1v) is 15.6. The predicted octanol–water partition coefficient (Wildman–Crippen LogP) is 10.1. The molecule has 0 aliphatic heterocycles. The molecular formula is C40H32S. The van der Waals surface area contributed by atoms with Gasteiger partial charge in [0.2, 0.25) is 0 Å². The molecule has 5 aromatic carbocycles. The van der Waals surface area contributed by atoms with Crippen LogP contribution >= 0.6 is 11.3 Å². The smallest absolute Gasteiger partial charge is 0.0361 e. The molecule has 8 rings (SSSR count). The van der Waals surface area contributed by atoms with E-state index in [1.807, 2.05) is 11.3 Å². The second kappa shape index (κ2) is 9.72. The van der Waals surface area contributed by atoms with Gasteiger partial charge in [-0.1, -0.05) is 117 Å². The van der Waals surface area contributed by atoms with Crippen molar-refractivity contribution in [2.45, 2.75) is 26.7 Å². The van der Waals surface area contributed by atoms with E-state index in [0.717, 1.165) is 12.8 Å². The van der Waals surface area contributed by atoms with E-state index in [9.17, 15) is 0 Å². The molecule has 2 atom stereocenters. The summed E-state index contributed by atoms with van der Waals surface area (Å²) in [7, 11) is 0. The molecule has 0 N–H and O–H groups in total. The molecule has 0 fully saturated rings. The molecule has 1 heteroatoms. The number of fused-ring (bicyclic) bond motifs is 5. The minimum Gasteiger partial charge on any atom is -0.135 e. The van der Waals surface area contributed by atoms with Crippen LogP contribution in [0.2, 0.25) is 0 Å². The third-order valence-corrected chi connectivity index (χ3v) is 10.0. The number of rotatable bonds is 3. The second-order valence-electron chi connectivity index (χ2n) is 11.8. The Morgan fingerprint density at radius 1 is 0.610 bits per heavy atom. The average Bonchev–Trinajstić information content (AvgIpc) is 3.39. The van der Waals surface area contributed by atoms with Crippen molar-refractivity contribution >= 4 is 60.0 Å². The summed E-state index contributed by atoms with van der Waals surface area (Å²) >= 11 is 1.89. The minimum atomic E-state index is 0.516. The Labute approximate surface area is 245 Å². The zero-order valence-corrected chi connectivity index (χ0v) is 24.3. The third kappa shape index (κ3) is 4.03. The lowest BCUT2D eigenvalue weighted by atomic mass is 9.82. The number of hydrogen-bond donors (Lipinski definition) is 0. The normalized spacial score (nSPS) is 18.2. The van der Waals surface area contributed by atoms with Gasteiger partial charge in [0.25, 0.3) is 0 Å². The molecule has 0 saturated carbocycles. The maximum atomic E-state index is 2.53. The van der Waals surface area contributed by atoms with Crippen LogP contribution in [0.4, 0.5) is 0 Å². The first-order valence-electron chi connectivity index (χ1n) is 14.8. The van der Waals surface area contributed by atoms with Crippen LogP contribution in [-0.2, 0) is 0 Å².